The van der Waals surface area contributed by atoms with Crippen LogP contribution in [-0.4, -0.2) is 98.9 Å². The lowest BCUT2D eigenvalue weighted by molar-refractivity contribution is -0.296. The minimum absolute atomic E-state index is 0.0953. The third-order valence-corrected chi connectivity index (χ3v) is 3.99. The third kappa shape index (κ3) is 3.52. The van der Waals surface area contributed by atoms with Crippen molar-refractivity contribution in [2.75, 3.05) is 13.2 Å². The maximum atomic E-state index is 9.80. The van der Waals surface area contributed by atoms with Crippen molar-refractivity contribution in [2.45, 2.75) is 62.0 Å². The predicted molar refractivity (Wildman–Crippen MR) is 68.1 cm³/mol. The second kappa shape index (κ2) is 6.82. The summed E-state index contributed by atoms with van der Waals surface area (Å²) in [6, 6.07) is -0.654. The minimum Gasteiger partial charge on any atom is -0.389 e. The molecule has 0 spiro atoms. The Bertz CT molecular complexity index is 345. The van der Waals surface area contributed by atoms with Crippen LogP contribution in [0.4, 0.5) is 0 Å². The highest BCUT2D eigenvalue weighted by Crippen LogP contribution is 2.22. The monoisotopic (exact) mass is 309 g/mol. The molecule has 21 heavy (non-hydrogen) atoms. The lowest BCUT2D eigenvalue weighted by atomic mass is 9.96. The van der Waals surface area contributed by atoms with Gasteiger partial charge in [-0.1, -0.05) is 0 Å². The van der Waals surface area contributed by atoms with E-state index in [1.807, 2.05) is 0 Å². The summed E-state index contributed by atoms with van der Waals surface area (Å²) in [7, 11) is 0. The van der Waals surface area contributed by atoms with Crippen LogP contribution in [0, 0.1) is 0 Å². The molecule has 0 aromatic heterocycles. The van der Waals surface area contributed by atoms with Crippen LogP contribution in [0.25, 0.3) is 0 Å². The normalized spacial score (nSPS) is 51.9. The molecule has 0 bridgehead atoms. The summed E-state index contributed by atoms with van der Waals surface area (Å²) >= 11 is 0. The molecule has 2 heterocycles. The van der Waals surface area contributed by atoms with Crippen molar-refractivity contribution in [3.8, 4) is 0 Å². The van der Waals surface area contributed by atoms with Crippen molar-refractivity contribution in [3.05, 3.63) is 0 Å². The van der Waals surface area contributed by atoms with Gasteiger partial charge in [-0.3, -0.25) is 0 Å². The summed E-state index contributed by atoms with van der Waals surface area (Å²) in [6.45, 7) is 1.52. The summed E-state index contributed by atoms with van der Waals surface area (Å²) in [6.07, 6.45) is -9.49. The Morgan fingerprint density at radius 3 is 2.29 bits per heavy atom. The van der Waals surface area contributed by atoms with Gasteiger partial charge in [-0.2, -0.15) is 0 Å². The Morgan fingerprint density at radius 1 is 0.952 bits per heavy atom. The zero-order valence-electron chi connectivity index (χ0n) is 11.6. The van der Waals surface area contributed by atoms with E-state index in [0.717, 1.165) is 0 Å². The van der Waals surface area contributed by atoms with E-state index in [1.54, 1.807) is 0 Å². The number of nitrogens with one attached hydrogen (secondary N) is 1. The van der Waals surface area contributed by atoms with Crippen LogP contribution in [0.1, 0.15) is 6.92 Å². The van der Waals surface area contributed by atoms with E-state index in [1.165, 1.54) is 6.92 Å². The van der Waals surface area contributed by atoms with E-state index in [0.29, 0.717) is 0 Å². The molecule has 2 fully saturated rings. The molecule has 2 aliphatic heterocycles. The molecule has 9 atom stereocenters. The molecular weight excluding hydrogens is 286 g/mol. The highest BCUT2D eigenvalue weighted by molar-refractivity contribution is 4.93. The second-order valence-corrected chi connectivity index (χ2v) is 5.58. The predicted octanol–water partition coefficient (Wildman–Crippen LogP) is -4.11. The van der Waals surface area contributed by atoms with Gasteiger partial charge in [0.15, 0.2) is 6.29 Å². The number of ether oxygens (including phenoxy) is 2. The van der Waals surface area contributed by atoms with E-state index in [9.17, 15) is 30.6 Å². The van der Waals surface area contributed by atoms with Crippen LogP contribution >= 0.6 is 0 Å². The number of β-amino-alcohol motifs (C(OH)–C–C–N with tert-alkyl or cyclic N) is 1. The van der Waals surface area contributed by atoms with Crippen molar-refractivity contribution in [1.29, 1.82) is 0 Å². The van der Waals surface area contributed by atoms with E-state index >= 15 is 0 Å². The molecule has 9 heteroatoms. The first-order valence-corrected chi connectivity index (χ1v) is 6.91. The minimum atomic E-state index is -1.42. The Kier molecular flexibility index (Phi) is 5.52. The molecule has 7 N–H and O–H groups in total. The van der Waals surface area contributed by atoms with Crippen LogP contribution < -0.4 is 5.32 Å². The Balaban J connectivity index is 1.88. The topological polar surface area (TPSA) is 152 Å². The molecule has 0 saturated carbocycles. The number of aliphatic hydroxyl groups excluding tert-OH is 6. The Labute approximate surface area is 121 Å². The highest BCUT2D eigenvalue weighted by atomic mass is 16.7. The number of hydrogen-bond donors (Lipinski definition) is 7. The van der Waals surface area contributed by atoms with Gasteiger partial charge in [0.05, 0.1) is 31.0 Å². The molecule has 2 aliphatic rings. The van der Waals surface area contributed by atoms with E-state index < -0.39 is 55.1 Å². The highest BCUT2D eigenvalue weighted by Gasteiger charge is 2.43. The molecule has 2 saturated heterocycles. The van der Waals surface area contributed by atoms with Crippen molar-refractivity contribution >= 4 is 0 Å². The first kappa shape index (κ1) is 17.0. The fourth-order valence-electron chi connectivity index (χ4n) is 2.49. The molecule has 2 rings (SSSR count). The van der Waals surface area contributed by atoms with Gasteiger partial charge in [0.25, 0.3) is 0 Å². The standard InChI is InChI=1S/C12H23NO8/c1-4-7(15)10(18)11(19)12(21-4)20-3-5-8(16)9(17)6(14)2-13-5/h4-19H,2-3H2,1H3/t4-,5+,6+,7-,8+,9+,10+,11+,12+/m0/s1. The average molecular weight is 309 g/mol. The number of aliphatic hydroxyl groups is 6. The van der Waals surface area contributed by atoms with Crippen LogP contribution in [0.5, 0.6) is 0 Å². The molecule has 0 aromatic rings. The smallest absolute Gasteiger partial charge is 0.186 e. The van der Waals surface area contributed by atoms with Gasteiger partial charge in [-0.15, -0.1) is 0 Å². The first-order valence-electron chi connectivity index (χ1n) is 6.91. The van der Waals surface area contributed by atoms with E-state index in [4.69, 9.17) is 9.47 Å². The molecular formula is C12H23NO8. The molecule has 0 amide bonds. The SMILES string of the molecule is C[C@@H]1O[C@@H](OC[C@H]2NC[C@@H](O)[C@@H](O)[C@@H]2O)[C@H](O)[C@H](O)[C@H]1O. The number of rotatable bonds is 3. The third-order valence-electron chi connectivity index (χ3n) is 3.99. The summed E-state index contributed by atoms with van der Waals surface area (Å²) < 4.78 is 10.6. The van der Waals surface area contributed by atoms with Crippen molar-refractivity contribution in [2.24, 2.45) is 0 Å². The maximum absolute atomic E-state index is 9.80. The van der Waals surface area contributed by atoms with Gasteiger partial charge >= 0.3 is 0 Å². The fourth-order valence-corrected chi connectivity index (χ4v) is 2.49. The second-order valence-electron chi connectivity index (χ2n) is 5.58. The maximum Gasteiger partial charge on any atom is 0.186 e. The average Bonchev–Trinajstić information content (AvgIpc) is 2.46. The molecule has 0 aliphatic carbocycles. The van der Waals surface area contributed by atoms with Crippen molar-refractivity contribution in [3.63, 3.8) is 0 Å². The number of hydrogen-bond acceptors (Lipinski definition) is 9. The first-order chi connectivity index (χ1) is 9.82. The quantitative estimate of drug-likeness (QED) is 0.276. The van der Waals surface area contributed by atoms with Gasteiger partial charge < -0.3 is 45.4 Å². The zero-order chi connectivity index (χ0) is 15.7. The Hall–Kier alpha value is -0.360. The van der Waals surface area contributed by atoms with Crippen LogP contribution in [0.3, 0.4) is 0 Å². The van der Waals surface area contributed by atoms with Gasteiger partial charge in [-0.05, 0) is 6.92 Å². The lowest BCUT2D eigenvalue weighted by Gasteiger charge is -2.41. The molecule has 9 nitrogen and oxygen atoms in total. The van der Waals surface area contributed by atoms with Gasteiger partial charge in [0.2, 0.25) is 0 Å². The van der Waals surface area contributed by atoms with Gasteiger partial charge in [-0.25, -0.2) is 0 Å². The largest absolute Gasteiger partial charge is 0.389 e. The van der Waals surface area contributed by atoms with Gasteiger partial charge in [0, 0.05) is 6.54 Å². The van der Waals surface area contributed by atoms with Crippen LogP contribution in [0.15, 0.2) is 0 Å². The molecule has 124 valence electrons. The van der Waals surface area contributed by atoms with Gasteiger partial charge in [0.1, 0.15) is 24.4 Å². The van der Waals surface area contributed by atoms with Crippen molar-refractivity contribution < 1.29 is 40.1 Å². The lowest BCUT2D eigenvalue weighted by Crippen LogP contribution is -2.62. The molecule has 0 radical (unpaired) electrons. The summed E-state index contributed by atoms with van der Waals surface area (Å²) in [5, 5.41) is 60.6. The Morgan fingerprint density at radius 2 is 1.62 bits per heavy atom. The van der Waals surface area contributed by atoms with E-state index in [-0.39, 0.29) is 13.2 Å². The summed E-state index contributed by atoms with van der Waals surface area (Å²) in [5.41, 5.74) is 0. The fraction of sp³-hybridized carbons (Fsp3) is 1.00. The van der Waals surface area contributed by atoms with Crippen LogP contribution in [-0.2, 0) is 9.47 Å². The summed E-state index contributed by atoms with van der Waals surface area (Å²) in [5.74, 6) is 0. The summed E-state index contributed by atoms with van der Waals surface area (Å²) in [4.78, 5) is 0. The molecule has 0 unspecified atom stereocenters. The molecule has 0 aromatic carbocycles. The van der Waals surface area contributed by atoms with Crippen molar-refractivity contribution in [1.82, 2.24) is 5.32 Å². The van der Waals surface area contributed by atoms with Crippen LogP contribution in [0.2, 0.25) is 0 Å². The van der Waals surface area contributed by atoms with E-state index in [2.05, 4.69) is 5.32 Å². The number of piperidine rings is 1. The zero-order valence-corrected chi connectivity index (χ0v) is 11.6.